The quantitative estimate of drug-likeness (QED) is 0.272. The highest BCUT2D eigenvalue weighted by atomic mass is 16.4. The summed E-state index contributed by atoms with van der Waals surface area (Å²) in [5.74, 6) is 2.04. The number of nitrogens with zero attached hydrogens (tertiary/aromatic N) is 1. The van der Waals surface area contributed by atoms with E-state index in [1.807, 2.05) is 6.92 Å². The van der Waals surface area contributed by atoms with Gasteiger partial charge in [0, 0.05) is 6.04 Å². The highest BCUT2D eigenvalue weighted by Gasteiger charge is 2.39. The molecule has 4 atom stereocenters. The molecular weight excluding hydrogens is 178 g/mol. The first kappa shape index (κ1) is 9.77. The molecule has 2 fully saturated rings. The van der Waals surface area contributed by atoms with Gasteiger partial charge in [0.05, 0.1) is 6.04 Å². The smallest absolute Gasteiger partial charge is 0.156 e. The number of hydrogen-bond donors (Lipinski definition) is 3. The van der Waals surface area contributed by atoms with E-state index in [-0.39, 0.29) is 11.9 Å². The van der Waals surface area contributed by atoms with Crippen LogP contribution in [0, 0.1) is 11.8 Å². The van der Waals surface area contributed by atoms with Crippen LogP contribution in [0.25, 0.3) is 0 Å². The van der Waals surface area contributed by atoms with Gasteiger partial charge in [0.25, 0.3) is 0 Å². The summed E-state index contributed by atoms with van der Waals surface area (Å²) in [5, 5.41) is 15.0. The van der Waals surface area contributed by atoms with Crippen molar-refractivity contribution in [3.63, 3.8) is 0 Å². The van der Waals surface area contributed by atoms with Gasteiger partial charge < -0.3 is 16.3 Å². The van der Waals surface area contributed by atoms with E-state index in [1.54, 1.807) is 0 Å². The summed E-state index contributed by atoms with van der Waals surface area (Å²) in [5.41, 5.74) is 5.53. The average molecular weight is 197 g/mol. The summed E-state index contributed by atoms with van der Waals surface area (Å²) < 4.78 is 0. The van der Waals surface area contributed by atoms with Crippen molar-refractivity contribution in [3.8, 4) is 0 Å². The Kier molecular flexibility index (Phi) is 2.63. The van der Waals surface area contributed by atoms with E-state index < -0.39 is 0 Å². The van der Waals surface area contributed by atoms with Crippen LogP contribution in [-0.4, -0.2) is 23.1 Å². The Bertz CT molecular complexity index is 242. The highest BCUT2D eigenvalue weighted by molar-refractivity contribution is 5.84. The molecule has 0 saturated heterocycles. The predicted octanol–water partition coefficient (Wildman–Crippen LogP) is 0.900. The fourth-order valence-corrected chi connectivity index (χ4v) is 2.94. The molecule has 0 aliphatic heterocycles. The lowest BCUT2D eigenvalue weighted by Gasteiger charge is -2.26. The molecule has 0 amide bonds. The summed E-state index contributed by atoms with van der Waals surface area (Å²) in [7, 11) is 0. The standard InChI is InChI=1S/C10H19N3O/c1-6(10(11)13-14)12-9-5-7-2-3-8(9)4-7/h6-9,12,14H,2-5H2,1H3,(H2,11,13). The lowest BCUT2D eigenvalue weighted by Crippen LogP contribution is -2.46. The zero-order valence-corrected chi connectivity index (χ0v) is 8.61. The van der Waals surface area contributed by atoms with Gasteiger partial charge in [-0.15, -0.1) is 0 Å². The summed E-state index contributed by atoms with van der Waals surface area (Å²) in [6.07, 6.45) is 5.40. The topological polar surface area (TPSA) is 70.6 Å². The summed E-state index contributed by atoms with van der Waals surface area (Å²) in [4.78, 5) is 0. The Labute approximate surface area is 84.5 Å². The molecule has 14 heavy (non-hydrogen) atoms. The van der Waals surface area contributed by atoms with Crippen LogP contribution in [0.3, 0.4) is 0 Å². The molecule has 4 N–H and O–H groups in total. The van der Waals surface area contributed by atoms with Crippen molar-refractivity contribution < 1.29 is 5.21 Å². The third-order valence-electron chi connectivity index (χ3n) is 3.76. The van der Waals surface area contributed by atoms with E-state index in [4.69, 9.17) is 10.9 Å². The summed E-state index contributed by atoms with van der Waals surface area (Å²) in [6, 6.07) is 0.577. The molecule has 2 bridgehead atoms. The normalized spacial score (nSPS) is 38.9. The fourth-order valence-electron chi connectivity index (χ4n) is 2.94. The average Bonchev–Trinajstić information content (AvgIpc) is 2.77. The first-order valence-corrected chi connectivity index (χ1v) is 5.44. The summed E-state index contributed by atoms with van der Waals surface area (Å²) >= 11 is 0. The number of nitrogens with one attached hydrogen (secondary N) is 1. The molecule has 2 rings (SSSR count). The van der Waals surface area contributed by atoms with Gasteiger partial charge in [-0.2, -0.15) is 0 Å². The van der Waals surface area contributed by atoms with Crippen LogP contribution >= 0.6 is 0 Å². The molecule has 0 heterocycles. The second-order valence-corrected chi connectivity index (χ2v) is 4.69. The first-order chi connectivity index (χ1) is 6.70. The van der Waals surface area contributed by atoms with Crippen LogP contribution in [-0.2, 0) is 0 Å². The highest BCUT2D eigenvalue weighted by Crippen LogP contribution is 2.44. The maximum atomic E-state index is 8.53. The molecule has 0 aromatic heterocycles. The number of nitrogens with two attached hydrogens (primary N) is 1. The maximum Gasteiger partial charge on any atom is 0.156 e. The minimum absolute atomic E-state index is 0.00986. The van der Waals surface area contributed by atoms with E-state index in [1.165, 1.54) is 25.7 Å². The monoisotopic (exact) mass is 197 g/mol. The Morgan fingerprint density at radius 2 is 2.29 bits per heavy atom. The Hall–Kier alpha value is -0.770. The van der Waals surface area contributed by atoms with Crippen molar-refractivity contribution >= 4 is 5.84 Å². The van der Waals surface area contributed by atoms with Crippen LogP contribution in [0.4, 0.5) is 0 Å². The van der Waals surface area contributed by atoms with Crippen molar-refractivity contribution in [1.29, 1.82) is 0 Å². The molecule has 2 aliphatic carbocycles. The number of hydrogen-bond acceptors (Lipinski definition) is 3. The van der Waals surface area contributed by atoms with E-state index in [0.717, 1.165) is 11.8 Å². The predicted molar refractivity (Wildman–Crippen MR) is 55.2 cm³/mol. The van der Waals surface area contributed by atoms with Gasteiger partial charge in [0.2, 0.25) is 0 Å². The van der Waals surface area contributed by atoms with Gasteiger partial charge in [-0.1, -0.05) is 11.6 Å². The minimum Gasteiger partial charge on any atom is -0.409 e. The second-order valence-electron chi connectivity index (χ2n) is 4.69. The largest absolute Gasteiger partial charge is 0.409 e. The lowest BCUT2D eigenvalue weighted by atomic mass is 9.95. The first-order valence-electron chi connectivity index (χ1n) is 5.44. The molecule has 0 radical (unpaired) electrons. The molecule has 0 aromatic carbocycles. The Morgan fingerprint density at radius 1 is 1.50 bits per heavy atom. The molecule has 80 valence electrons. The number of amidine groups is 1. The molecule has 4 heteroatoms. The second kappa shape index (κ2) is 3.77. The Morgan fingerprint density at radius 3 is 2.79 bits per heavy atom. The molecule has 4 unspecified atom stereocenters. The van der Waals surface area contributed by atoms with Crippen LogP contribution in [0.1, 0.15) is 32.6 Å². The van der Waals surface area contributed by atoms with Crippen LogP contribution in [0.5, 0.6) is 0 Å². The zero-order valence-electron chi connectivity index (χ0n) is 8.61. The fraction of sp³-hybridized carbons (Fsp3) is 0.900. The molecule has 0 spiro atoms. The van der Waals surface area contributed by atoms with Crippen molar-refractivity contribution in [1.82, 2.24) is 5.32 Å². The van der Waals surface area contributed by atoms with Crippen LogP contribution in [0.15, 0.2) is 5.16 Å². The van der Waals surface area contributed by atoms with E-state index in [9.17, 15) is 0 Å². The van der Waals surface area contributed by atoms with Gasteiger partial charge >= 0.3 is 0 Å². The van der Waals surface area contributed by atoms with Crippen LogP contribution in [0.2, 0.25) is 0 Å². The molecule has 2 aliphatic rings. The number of oxime groups is 1. The van der Waals surface area contributed by atoms with Crippen molar-refractivity contribution in [3.05, 3.63) is 0 Å². The van der Waals surface area contributed by atoms with E-state index in [2.05, 4.69) is 10.5 Å². The third-order valence-corrected chi connectivity index (χ3v) is 3.76. The molecule has 4 nitrogen and oxygen atoms in total. The Balaban J connectivity index is 1.86. The maximum absolute atomic E-state index is 8.53. The van der Waals surface area contributed by atoms with E-state index in [0.29, 0.717) is 6.04 Å². The molecule has 0 aromatic rings. The van der Waals surface area contributed by atoms with Gasteiger partial charge in [0.15, 0.2) is 5.84 Å². The third kappa shape index (κ3) is 1.71. The van der Waals surface area contributed by atoms with Crippen molar-refractivity contribution in [2.75, 3.05) is 0 Å². The molecule has 2 saturated carbocycles. The van der Waals surface area contributed by atoms with Gasteiger partial charge in [-0.25, -0.2) is 0 Å². The number of fused-ring (bicyclic) bond motifs is 2. The number of rotatable bonds is 3. The lowest BCUT2D eigenvalue weighted by molar-refractivity contribution is 0.308. The van der Waals surface area contributed by atoms with Crippen molar-refractivity contribution in [2.45, 2.75) is 44.7 Å². The SMILES string of the molecule is CC(NC1CC2CCC1C2)/C(N)=N/O. The van der Waals surface area contributed by atoms with Crippen LogP contribution < -0.4 is 11.1 Å². The van der Waals surface area contributed by atoms with Gasteiger partial charge in [-0.05, 0) is 38.0 Å². The zero-order chi connectivity index (χ0) is 10.1. The minimum atomic E-state index is -0.00986. The van der Waals surface area contributed by atoms with Gasteiger partial charge in [0.1, 0.15) is 0 Å². The summed E-state index contributed by atoms with van der Waals surface area (Å²) in [6.45, 7) is 1.95. The van der Waals surface area contributed by atoms with Crippen molar-refractivity contribution in [2.24, 2.45) is 22.7 Å². The van der Waals surface area contributed by atoms with Gasteiger partial charge in [-0.3, -0.25) is 0 Å². The van der Waals surface area contributed by atoms with E-state index >= 15 is 0 Å². The molecular formula is C10H19N3O.